The van der Waals surface area contributed by atoms with Crippen molar-refractivity contribution in [1.29, 1.82) is 0 Å². The summed E-state index contributed by atoms with van der Waals surface area (Å²) in [4.78, 5) is 4.59. The van der Waals surface area contributed by atoms with Crippen LogP contribution in [0.25, 0.3) is 10.2 Å². The number of nitrogens with one attached hydrogen (secondary N) is 1. The van der Waals surface area contributed by atoms with Gasteiger partial charge in [0.2, 0.25) is 0 Å². The van der Waals surface area contributed by atoms with E-state index in [2.05, 4.69) is 65.9 Å². The van der Waals surface area contributed by atoms with Crippen LogP contribution < -0.4 is 5.32 Å². The number of pyridine rings is 1. The molecule has 2 heterocycles. The summed E-state index contributed by atoms with van der Waals surface area (Å²) in [5.41, 5.74) is 4.92. The van der Waals surface area contributed by atoms with Crippen LogP contribution >= 0.6 is 11.3 Å². The molecule has 2 aromatic heterocycles. The Bertz CT molecular complexity index is 733. The van der Waals surface area contributed by atoms with E-state index in [-0.39, 0.29) is 6.04 Å². The second-order valence-corrected chi connectivity index (χ2v) is 6.32. The molecule has 0 aliphatic rings. The number of nitrogens with zero attached hydrogens (tertiary/aromatic N) is 1. The van der Waals surface area contributed by atoms with Crippen molar-refractivity contribution in [3.63, 3.8) is 0 Å². The maximum atomic E-state index is 4.59. The number of thiophene rings is 1. The molecule has 0 fully saturated rings. The highest BCUT2D eigenvalue weighted by Crippen LogP contribution is 2.27. The van der Waals surface area contributed by atoms with Gasteiger partial charge >= 0.3 is 0 Å². The van der Waals surface area contributed by atoms with E-state index in [9.17, 15) is 0 Å². The van der Waals surface area contributed by atoms with Crippen molar-refractivity contribution in [3.8, 4) is 0 Å². The molecular formula is C18H20N2S. The lowest BCUT2D eigenvalue weighted by atomic mass is 9.98. The van der Waals surface area contributed by atoms with Crippen LogP contribution in [0.3, 0.4) is 0 Å². The highest BCUT2D eigenvalue weighted by atomic mass is 32.1. The minimum atomic E-state index is 0.212. The third-order valence-electron chi connectivity index (χ3n) is 3.63. The Morgan fingerprint density at radius 3 is 2.90 bits per heavy atom. The zero-order valence-electron chi connectivity index (χ0n) is 12.5. The van der Waals surface area contributed by atoms with Crippen molar-refractivity contribution in [2.75, 3.05) is 6.54 Å². The molecule has 0 aliphatic heterocycles. The lowest BCUT2D eigenvalue weighted by Crippen LogP contribution is -2.23. The van der Waals surface area contributed by atoms with Crippen LogP contribution in [0.1, 0.15) is 36.1 Å². The number of aromatic nitrogens is 1. The Kier molecular flexibility index (Phi) is 4.32. The summed E-state index contributed by atoms with van der Waals surface area (Å²) in [6.45, 7) is 5.34. The van der Waals surface area contributed by atoms with Gasteiger partial charge < -0.3 is 5.32 Å². The molecular weight excluding hydrogens is 276 g/mol. The van der Waals surface area contributed by atoms with Crippen molar-refractivity contribution in [3.05, 3.63) is 64.7 Å². The van der Waals surface area contributed by atoms with Crippen LogP contribution in [0.4, 0.5) is 0 Å². The van der Waals surface area contributed by atoms with Crippen molar-refractivity contribution >= 4 is 21.6 Å². The lowest BCUT2D eigenvalue weighted by Gasteiger charge is -2.20. The zero-order valence-corrected chi connectivity index (χ0v) is 13.3. The van der Waals surface area contributed by atoms with Gasteiger partial charge in [0.25, 0.3) is 0 Å². The second kappa shape index (κ2) is 6.37. The molecule has 0 radical (unpaired) electrons. The first-order chi connectivity index (χ1) is 10.3. The van der Waals surface area contributed by atoms with Crippen LogP contribution in [0.5, 0.6) is 0 Å². The zero-order chi connectivity index (χ0) is 14.7. The first kappa shape index (κ1) is 14.2. The van der Waals surface area contributed by atoms with Gasteiger partial charge in [-0.05, 0) is 48.5 Å². The average molecular weight is 296 g/mol. The maximum Gasteiger partial charge on any atom is 0.0809 e. The van der Waals surface area contributed by atoms with Gasteiger partial charge in [-0.25, -0.2) is 0 Å². The van der Waals surface area contributed by atoms with Crippen LogP contribution in [0.2, 0.25) is 0 Å². The van der Waals surface area contributed by atoms with Gasteiger partial charge in [0, 0.05) is 6.20 Å². The average Bonchev–Trinajstić information content (AvgIpc) is 2.95. The minimum absolute atomic E-state index is 0.212. The molecule has 0 saturated carbocycles. The summed E-state index contributed by atoms with van der Waals surface area (Å²) in [6.07, 6.45) is 3.13. The number of fused-ring (bicyclic) bond motifs is 1. The molecule has 0 aliphatic carbocycles. The number of rotatable bonds is 5. The smallest absolute Gasteiger partial charge is 0.0809 e. The largest absolute Gasteiger partial charge is 0.306 e. The summed E-state index contributed by atoms with van der Waals surface area (Å²) >= 11 is 1.75. The SMILES string of the molecule is CCCNC(c1cccc(C)c1)c1cnc2ccsc2c1. The van der Waals surface area contributed by atoms with Crippen molar-refractivity contribution < 1.29 is 0 Å². The quantitative estimate of drug-likeness (QED) is 0.738. The van der Waals surface area contributed by atoms with Gasteiger partial charge in [0.15, 0.2) is 0 Å². The number of hydrogen-bond donors (Lipinski definition) is 1. The summed E-state index contributed by atoms with van der Waals surface area (Å²) in [7, 11) is 0. The third kappa shape index (κ3) is 3.14. The van der Waals surface area contributed by atoms with E-state index < -0.39 is 0 Å². The molecule has 0 bridgehead atoms. The number of aryl methyl sites for hydroxylation is 1. The van der Waals surface area contributed by atoms with Crippen molar-refractivity contribution in [2.45, 2.75) is 26.3 Å². The van der Waals surface area contributed by atoms with Gasteiger partial charge in [-0.2, -0.15) is 0 Å². The molecule has 3 aromatic rings. The molecule has 2 nitrogen and oxygen atoms in total. The molecule has 0 spiro atoms. The second-order valence-electron chi connectivity index (χ2n) is 5.37. The predicted molar refractivity (Wildman–Crippen MR) is 90.9 cm³/mol. The summed E-state index contributed by atoms with van der Waals surface area (Å²) in [6, 6.07) is 13.3. The van der Waals surface area contributed by atoms with Gasteiger partial charge in [-0.1, -0.05) is 36.8 Å². The van der Waals surface area contributed by atoms with Crippen LogP contribution in [-0.2, 0) is 0 Å². The fourth-order valence-corrected chi connectivity index (χ4v) is 3.38. The van der Waals surface area contributed by atoms with Gasteiger partial charge in [0.1, 0.15) is 0 Å². The van der Waals surface area contributed by atoms with E-state index in [4.69, 9.17) is 0 Å². The molecule has 21 heavy (non-hydrogen) atoms. The molecule has 1 atom stereocenters. The topological polar surface area (TPSA) is 24.9 Å². The summed E-state index contributed by atoms with van der Waals surface area (Å²) in [5, 5.41) is 5.75. The lowest BCUT2D eigenvalue weighted by molar-refractivity contribution is 0.597. The van der Waals surface area contributed by atoms with Crippen LogP contribution in [-0.4, -0.2) is 11.5 Å². The first-order valence-electron chi connectivity index (χ1n) is 7.41. The monoisotopic (exact) mass is 296 g/mol. The molecule has 1 aromatic carbocycles. The first-order valence-corrected chi connectivity index (χ1v) is 8.29. The summed E-state index contributed by atoms with van der Waals surface area (Å²) < 4.78 is 1.25. The van der Waals surface area contributed by atoms with Crippen LogP contribution in [0.15, 0.2) is 48.0 Å². The fourth-order valence-electron chi connectivity index (χ4n) is 2.59. The van der Waals surface area contributed by atoms with Crippen LogP contribution in [0, 0.1) is 6.92 Å². The van der Waals surface area contributed by atoms with E-state index in [0.29, 0.717) is 0 Å². The number of hydrogen-bond acceptors (Lipinski definition) is 3. The Morgan fingerprint density at radius 2 is 2.10 bits per heavy atom. The van der Waals surface area contributed by atoms with E-state index >= 15 is 0 Å². The van der Waals surface area contributed by atoms with E-state index in [0.717, 1.165) is 18.5 Å². The summed E-state index contributed by atoms with van der Waals surface area (Å²) in [5.74, 6) is 0. The van der Waals surface area contributed by atoms with Crippen molar-refractivity contribution in [1.82, 2.24) is 10.3 Å². The highest BCUT2D eigenvalue weighted by molar-refractivity contribution is 7.17. The molecule has 108 valence electrons. The van der Waals surface area contributed by atoms with Gasteiger partial charge in [-0.15, -0.1) is 11.3 Å². The van der Waals surface area contributed by atoms with Gasteiger partial charge in [-0.3, -0.25) is 4.98 Å². The minimum Gasteiger partial charge on any atom is -0.306 e. The van der Waals surface area contributed by atoms with E-state index in [1.54, 1.807) is 11.3 Å². The predicted octanol–water partition coefficient (Wildman–Crippen LogP) is 4.69. The number of benzene rings is 1. The fraction of sp³-hybridized carbons (Fsp3) is 0.278. The highest BCUT2D eigenvalue weighted by Gasteiger charge is 2.14. The van der Waals surface area contributed by atoms with Gasteiger partial charge in [0.05, 0.1) is 16.3 Å². The normalized spacial score (nSPS) is 12.7. The standard InChI is InChI=1S/C18H20N2S/c1-3-8-19-18(14-6-4-5-13(2)10-14)15-11-17-16(20-12-15)7-9-21-17/h4-7,9-12,18-19H,3,8H2,1-2H3. The Labute approximate surface area is 129 Å². The Balaban J connectivity index is 2.01. The maximum absolute atomic E-state index is 4.59. The molecule has 0 amide bonds. The van der Waals surface area contributed by atoms with Crippen molar-refractivity contribution in [2.24, 2.45) is 0 Å². The Morgan fingerprint density at radius 1 is 1.19 bits per heavy atom. The molecule has 1 unspecified atom stereocenters. The molecule has 0 saturated heterocycles. The van der Waals surface area contributed by atoms with E-state index in [1.165, 1.54) is 21.4 Å². The van der Waals surface area contributed by atoms with E-state index in [1.807, 2.05) is 6.20 Å². The molecule has 3 heteroatoms. The molecule has 1 N–H and O–H groups in total. The molecule has 3 rings (SSSR count). The third-order valence-corrected chi connectivity index (χ3v) is 4.48. The Hall–Kier alpha value is -1.71.